The Morgan fingerprint density at radius 3 is 2.28 bits per heavy atom. The van der Waals surface area contributed by atoms with Crippen molar-refractivity contribution in [3.63, 3.8) is 0 Å². The number of benzene rings is 1. The average Bonchev–Trinajstić information content (AvgIpc) is 2.76. The highest BCUT2D eigenvalue weighted by molar-refractivity contribution is 7.99. The zero-order valence-corrected chi connectivity index (χ0v) is 18.8. The summed E-state index contributed by atoms with van der Waals surface area (Å²) in [5, 5.41) is 0. The molecule has 3 rings (SSSR count). The van der Waals surface area contributed by atoms with Gasteiger partial charge >= 0.3 is 0 Å². The molecule has 0 aliphatic carbocycles. The molecule has 6 atom stereocenters. The zero-order valence-electron chi connectivity index (χ0n) is 18.0. The van der Waals surface area contributed by atoms with Gasteiger partial charge in [0.25, 0.3) is 0 Å². The highest BCUT2D eigenvalue weighted by Crippen LogP contribution is 2.39. The van der Waals surface area contributed by atoms with Crippen molar-refractivity contribution in [1.82, 2.24) is 0 Å². The third kappa shape index (κ3) is 6.18. The minimum atomic E-state index is -0.398. The van der Waals surface area contributed by atoms with Gasteiger partial charge in [-0.05, 0) is 18.6 Å². The van der Waals surface area contributed by atoms with Gasteiger partial charge in [0.15, 0.2) is 6.29 Å². The summed E-state index contributed by atoms with van der Waals surface area (Å²) in [5.74, 6) is 0.964. The molecule has 4 unspecified atom stereocenters. The molecule has 5 nitrogen and oxygen atoms in total. The van der Waals surface area contributed by atoms with E-state index in [1.807, 2.05) is 30.3 Å². The summed E-state index contributed by atoms with van der Waals surface area (Å²) in [5.41, 5.74) is 0.956. The first-order valence-electron chi connectivity index (χ1n) is 11.1. The summed E-state index contributed by atoms with van der Waals surface area (Å²) in [4.78, 5) is 0. The third-order valence-corrected chi connectivity index (χ3v) is 6.34. The van der Waals surface area contributed by atoms with Gasteiger partial charge in [0.05, 0.1) is 6.61 Å². The van der Waals surface area contributed by atoms with Gasteiger partial charge in [0.2, 0.25) is 0 Å². The van der Waals surface area contributed by atoms with Crippen LogP contribution in [0.1, 0.15) is 58.3 Å². The van der Waals surface area contributed by atoms with Crippen LogP contribution in [0.4, 0.5) is 0 Å². The molecule has 1 aromatic carbocycles. The second kappa shape index (κ2) is 12.3. The Bertz CT molecular complexity index is 572. The van der Waals surface area contributed by atoms with Gasteiger partial charge in [-0.3, -0.25) is 0 Å². The summed E-state index contributed by atoms with van der Waals surface area (Å²) in [6, 6.07) is 10.1. The fraction of sp³-hybridized carbons (Fsp3) is 0.739. The predicted molar refractivity (Wildman–Crippen MR) is 116 cm³/mol. The van der Waals surface area contributed by atoms with Crippen LogP contribution in [0.5, 0.6) is 0 Å². The van der Waals surface area contributed by atoms with Crippen molar-refractivity contribution in [2.45, 2.75) is 82.6 Å². The lowest BCUT2D eigenvalue weighted by molar-refractivity contribution is -0.327. The minimum Gasteiger partial charge on any atom is -0.373 e. The topological polar surface area (TPSA) is 46.2 Å². The number of fused-ring (bicyclic) bond motifs is 1. The van der Waals surface area contributed by atoms with E-state index in [-0.39, 0.29) is 29.9 Å². The quantitative estimate of drug-likeness (QED) is 0.469. The Labute approximate surface area is 179 Å². The first-order chi connectivity index (χ1) is 14.3. The lowest BCUT2D eigenvalue weighted by Crippen LogP contribution is -2.62. The maximum Gasteiger partial charge on any atom is 0.184 e. The largest absolute Gasteiger partial charge is 0.373 e. The smallest absolute Gasteiger partial charge is 0.184 e. The van der Waals surface area contributed by atoms with E-state index in [4.69, 9.17) is 23.7 Å². The molecule has 0 N–H and O–H groups in total. The van der Waals surface area contributed by atoms with Gasteiger partial charge in [0.1, 0.15) is 29.9 Å². The molecule has 2 aliphatic rings. The number of hydrogen-bond acceptors (Lipinski definition) is 6. The first-order valence-corrected chi connectivity index (χ1v) is 12.2. The normalized spacial score (nSPS) is 32.1. The number of hydrogen-bond donors (Lipinski definition) is 0. The number of ether oxygens (including phenoxy) is 5. The van der Waals surface area contributed by atoms with Crippen LogP contribution in [-0.2, 0) is 23.7 Å². The van der Waals surface area contributed by atoms with E-state index < -0.39 is 6.29 Å². The van der Waals surface area contributed by atoms with Crippen LogP contribution in [0.25, 0.3) is 0 Å². The van der Waals surface area contributed by atoms with Crippen molar-refractivity contribution >= 4 is 11.8 Å². The Morgan fingerprint density at radius 2 is 1.62 bits per heavy atom. The molecule has 0 saturated carbocycles. The summed E-state index contributed by atoms with van der Waals surface area (Å²) >= 11 is 1.78. The van der Waals surface area contributed by atoms with Crippen LogP contribution in [0.15, 0.2) is 30.3 Å². The van der Waals surface area contributed by atoms with Crippen molar-refractivity contribution in [3.8, 4) is 0 Å². The average molecular weight is 425 g/mol. The third-order valence-electron chi connectivity index (χ3n) is 5.30. The predicted octanol–water partition coefficient (Wildman–Crippen LogP) is 4.95. The molecule has 2 aliphatic heterocycles. The molecule has 0 aromatic heterocycles. The van der Waals surface area contributed by atoms with Crippen LogP contribution < -0.4 is 0 Å². The Morgan fingerprint density at radius 1 is 0.931 bits per heavy atom. The standard InChI is InChI=1S/C23H36O5S/c1-4-7-14-24-20-19-18(16-26-22(28-19)17-12-10-9-11-13-17)27-23(29-6-3)21(20)25-15-8-5-2/h9-13,18-23H,4-8,14-16H2,1-3H3/t18?,19-,20?,21?,22?,23+/m1/s1. The number of unbranched alkanes of at least 4 members (excludes halogenated alkanes) is 2. The molecule has 0 bridgehead atoms. The second-order valence-electron chi connectivity index (χ2n) is 7.55. The Balaban J connectivity index is 1.78. The van der Waals surface area contributed by atoms with Crippen molar-refractivity contribution in [1.29, 1.82) is 0 Å². The number of rotatable bonds is 11. The molecule has 0 amide bonds. The van der Waals surface area contributed by atoms with Crippen LogP contribution in [0.3, 0.4) is 0 Å². The van der Waals surface area contributed by atoms with Gasteiger partial charge in [-0.1, -0.05) is 63.9 Å². The van der Waals surface area contributed by atoms with E-state index in [2.05, 4.69) is 20.8 Å². The Hall–Kier alpha value is -0.630. The molecular weight excluding hydrogens is 388 g/mol. The highest BCUT2D eigenvalue weighted by atomic mass is 32.2. The minimum absolute atomic E-state index is 0.0646. The van der Waals surface area contributed by atoms with Crippen LogP contribution in [0, 0.1) is 0 Å². The summed E-state index contributed by atoms with van der Waals surface area (Å²) < 4.78 is 31.6. The van der Waals surface area contributed by atoms with E-state index in [9.17, 15) is 0 Å². The molecule has 1 aromatic rings. The molecule has 2 fully saturated rings. The van der Waals surface area contributed by atoms with Gasteiger partial charge < -0.3 is 23.7 Å². The van der Waals surface area contributed by atoms with E-state index in [0.717, 1.165) is 43.6 Å². The number of thioether (sulfide) groups is 1. The van der Waals surface area contributed by atoms with Crippen LogP contribution in [-0.4, -0.2) is 55.4 Å². The SMILES string of the molecule is CCCCOC1C(OCCCC)[C@H](SCC)OC2COC(c3ccccc3)O[C@H]21. The fourth-order valence-electron chi connectivity index (χ4n) is 3.72. The second-order valence-corrected chi connectivity index (χ2v) is 8.93. The molecular formula is C23H36O5S. The molecule has 0 spiro atoms. The van der Waals surface area contributed by atoms with E-state index in [1.54, 1.807) is 11.8 Å². The van der Waals surface area contributed by atoms with Crippen molar-refractivity contribution < 1.29 is 23.7 Å². The molecule has 0 radical (unpaired) electrons. The van der Waals surface area contributed by atoms with Crippen molar-refractivity contribution in [2.24, 2.45) is 0 Å². The van der Waals surface area contributed by atoms with Gasteiger partial charge in [0, 0.05) is 18.8 Å². The maximum absolute atomic E-state index is 6.42. The van der Waals surface area contributed by atoms with Crippen molar-refractivity contribution in [2.75, 3.05) is 25.6 Å². The monoisotopic (exact) mass is 424 g/mol. The van der Waals surface area contributed by atoms with Gasteiger partial charge in [-0.2, -0.15) is 0 Å². The molecule has 164 valence electrons. The van der Waals surface area contributed by atoms with E-state index in [0.29, 0.717) is 13.2 Å². The Kier molecular flexibility index (Phi) is 9.76. The van der Waals surface area contributed by atoms with Crippen LogP contribution in [0.2, 0.25) is 0 Å². The molecule has 2 saturated heterocycles. The summed E-state index contributed by atoms with van der Waals surface area (Å²) in [6.45, 7) is 8.43. The maximum atomic E-state index is 6.42. The highest BCUT2D eigenvalue weighted by Gasteiger charge is 2.51. The van der Waals surface area contributed by atoms with E-state index >= 15 is 0 Å². The summed E-state index contributed by atoms with van der Waals surface area (Å²) in [6.07, 6.45) is 3.23. The summed E-state index contributed by atoms with van der Waals surface area (Å²) in [7, 11) is 0. The molecule has 2 heterocycles. The molecule has 6 heteroatoms. The van der Waals surface area contributed by atoms with Gasteiger partial charge in [-0.25, -0.2) is 0 Å². The van der Waals surface area contributed by atoms with Crippen LogP contribution >= 0.6 is 11.8 Å². The zero-order chi connectivity index (χ0) is 20.5. The van der Waals surface area contributed by atoms with E-state index in [1.165, 1.54) is 0 Å². The fourth-order valence-corrected chi connectivity index (χ4v) is 4.69. The lowest BCUT2D eigenvalue weighted by Gasteiger charge is -2.49. The molecule has 29 heavy (non-hydrogen) atoms. The first kappa shape index (κ1) is 23.0. The van der Waals surface area contributed by atoms with Crippen molar-refractivity contribution in [3.05, 3.63) is 35.9 Å². The van der Waals surface area contributed by atoms with Gasteiger partial charge in [-0.15, -0.1) is 11.8 Å². The lowest BCUT2D eigenvalue weighted by atomic mass is 9.98.